The average molecular weight is 491 g/mol. The molecule has 2 aromatic carbocycles. The van der Waals surface area contributed by atoms with Crippen LogP contribution in [-0.4, -0.2) is 24.4 Å². The molecule has 0 saturated heterocycles. The fourth-order valence-corrected chi connectivity index (χ4v) is 8.49. The van der Waals surface area contributed by atoms with E-state index in [2.05, 4.69) is 12.2 Å². The van der Waals surface area contributed by atoms with Gasteiger partial charge in [0.05, 0.1) is 10.6 Å². The van der Waals surface area contributed by atoms with Gasteiger partial charge in [-0.15, -0.1) is 0 Å². The number of nitrogens with zero attached hydrogens (tertiary/aromatic N) is 1. The van der Waals surface area contributed by atoms with Gasteiger partial charge in [-0.1, -0.05) is 42.1 Å². The molecule has 35 heavy (non-hydrogen) atoms. The summed E-state index contributed by atoms with van der Waals surface area (Å²) in [5.74, 6) is 1.68. The SMILES string of the molecule is CC(NC(=O)CN1C(=O)/C(=C/c2ccccc2F)Sc2ccccc21)C12CC3CC(CC(C3)C1)C2. The zero-order chi connectivity index (χ0) is 24.2. The first-order chi connectivity index (χ1) is 16.9. The van der Waals surface area contributed by atoms with E-state index < -0.39 is 0 Å². The van der Waals surface area contributed by atoms with Gasteiger partial charge in [0.15, 0.2) is 0 Å². The van der Waals surface area contributed by atoms with E-state index >= 15 is 0 Å². The van der Waals surface area contributed by atoms with Gasteiger partial charge in [0.1, 0.15) is 12.4 Å². The fourth-order valence-electron chi connectivity index (χ4n) is 7.44. The van der Waals surface area contributed by atoms with Crippen molar-refractivity contribution in [3.63, 3.8) is 0 Å². The second kappa shape index (κ2) is 8.81. The van der Waals surface area contributed by atoms with Crippen LogP contribution in [0.3, 0.4) is 0 Å². The van der Waals surface area contributed by atoms with E-state index in [4.69, 9.17) is 0 Å². The van der Waals surface area contributed by atoms with Crippen LogP contribution >= 0.6 is 11.8 Å². The maximum absolute atomic E-state index is 14.3. The van der Waals surface area contributed by atoms with Gasteiger partial charge in [-0.3, -0.25) is 14.5 Å². The van der Waals surface area contributed by atoms with Crippen molar-refractivity contribution in [3.05, 3.63) is 64.8 Å². The third-order valence-corrected chi connectivity index (χ3v) is 9.78. The van der Waals surface area contributed by atoms with Crippen LogP contribution in [0.4, 0.5) is 10.1 Å². The van der Waals surface area contributed by atoms with Gasteiger partial charge in [-0.25, -0.2) is 4.39 Å². The highest BCUT2D eigenvalue weighted by Gasteiger charge is 2.53. The highest BCUT2D eigenvalue weighted by molar-refractivity contribution is 8.04. The van der Waals surface area contributed by atoms with Gasteiger partial charge in [0, 0.05) is 16.5 Å². The van der Waals surface area contributed by atoms with E-state index in [1.165, 1.54) is 56.4 Å². The molecule has 2 aromatic rings. The van der Waals surface area contributed by atoms with Crippen LogP contribution in [0.5, 0.6) is 0 Å². The number of halogens is 1. The number of fused-ring (bicyclic) bond motifs is 1. The van der Waals surface area contributed by atoms with E-state index in [1.54, 1.807) is 29.2 Å². The van der Waals surface area contributed by atoms with E-state index in [1.807, 2.05) is 24.3 Å². The van der Waals surface area contributed by atoms with Crippen LogP contribution in [0.15, 0.2) is 58.3 Å². The molecule has 6 heteroatoms. The van der Waals surface area contributed by atoms with Crippen molar-refractivity contribution in [2.75, 3.05) is 11.4 Å². The number of carbonyl (C=O) groups excluding carboxylic acids is 2. The molecule has 1 N–H and O–H groups in total. The normalized spacial score (nSPS) is 30.9. The Morgan fingerprint density at radius 1 is 1.09 bits per heavy atom. The molecule has 5 aliphatic rings. The first-order valence-electron chi connectivity index (χ1n) is 12.7. The number of benzene rings is 2. The number of hydrogen-bond donors (Lipinski definition) is 1. The van der Waals surface area contributed by atoms with Crippen molar-refractivity contribution in [1.82, 2.24) is 5.32 Å². The average Bonchev–Trinajstić information content (AvgIpc) is 2.82. The highest BCUT2D eigenvalue weighted by atomic mass is 32.2. The van der Waals surface area contributed by atoms with Crippen molar-refractivity contribution < 1.29 is 14.0 Å². The van der Waals surface area contributed by atoms with Crippen molar-refractivity contribution in [3.8, 4) is 0 Å². The van der Waals surface area contributed by atoms with E-state index in [0.717, 1.165) is 28.3 Å². The number of carbonyl (C=O) groups is 2. The Bertz CT molecular complexity index is 1170. The lowest BCUT2D eigenvalue weighted by Gasteiger charge is -2.59. The summed E-state index contributed by atoms with van der Waals surface area (Å²) in [6, 6.07) is 14.1. The molecule has 182 valence electrons. The maximum atomic E-state index is 14.3. The number of para-hydroxylation sites is 1. The van der Waals surface area contributed by atoms with E-state index in [0.29, 0.717) is 10.5 Å². The third-order valence-electron chi connectivity index (χ3n) is 8.71. The summed E-state index contributed by atoms with van der Waals surface area (Å²) >= 11 is 1.32. The number of thioether (sulfide) groups is 1. The van der Waals surface area contributed by atoms with Gasteiger partial charge in [0.25, 0.3) is 5.91 Å². The van der Waals surface area contributed by atoms with Crippen LogP contribution in [0, 0.1) is 29.0 Å². The summed E-state index contributed by atoms with van der Waals surface area (Å²) in [7, 11) is 0. The number of rotatable bonds is 5. The molecule has 0 aromatic heterocycles. The highest BCUT2D eigenvalue weighted by Crippen LogP contribution is 2.61. The number of nitrogens with one attached hydrogen (secondary N) is 1. The van der Waals surface area contributed by atoms with E-state index in [9.17, 15) is 14.0 Å². The monoisotopic (exact) mass is 490 g/mol. The van der Waals surface area contributed by atoms with Gasteiger partial charge in [-0.05, 0) is 92.9 Å². The van der Waals surface area contributed by atoms with Crippen molar-refractivity contribution in [2.24, 2.45) is 23.2 Å². The Morgan fingerprint density at radius 2 is 1.71 bits per heavy atom. The fraction of sp³-hybridized carbons (Fsp3) is 0.448. The molecule has 1 unspecified atom stereocenters. The molecule has 4 aliphatic carbocycles. The predicted octanol–water partition coefficient (Wildman–Crippen LogP) is 6.03. The van der Waals surface area contributed by atoms with Crippen molar-refractivity contribution in [1.29, 1.82) is 0 Å². The van der Waals surface area contributed by atoms with Crippen LogP contribution in [-0.2, 0) is 9.59 Å². The zero-order valence-corrected chi connectivity index (χ0v) is 20.8. The summed E-state index contributed by atoms with van der Waals surface area (Å²) in [6.45, 7) is 2.12. The second-order valence-corrected chi connectivity index (χ2v) is 12.1. The van der Waals surface area contributed by atoms with E-state index in [-0.39, 0.29) is 35.6 Å². The minimum absolute atomic E-state index is 0.0400. The molecule has 0 radical (unpaired) electrons. The largest absolute Gasteiger partial charge is 0.352 e. The number of amides is 2. The number of hydrogen-bond acceptors (Lipinski definition) is 3. The topological polar surface area (TPSA) is 49.4 Å². The van der Waals surface area contributed by atoms with Crippen LogP contribution in [0.2, 0.25) is 0 Å². The molecule has 4 nitrogen and oxygen atoms in total. The molecule has 4 bridgehead atoms. The molecular formula is C29H31FN2O2S. The van der Waals surface area contributed by atoms with Gasteiger partial charge < -0.3 is 5.32 Å². The predicted molar refractivity (Wildman–Crippen MR) is 137 cm³/mol. The van der Waals surface area contributed by atoms with Crippen LogP contribution in [0.25, 0.3) is 6.08 Å². The molecule has 2 amide bonds. The smallest absolute Gasteiger partial charge is 0.265 e. The molecule has 0 spiro atoms. The molecular weight excluding hydrogens is 459 g/mol. The Morgan fingerprint density at radius 3 is 2.40 bits per heavy atom. The molecule has 7 rings (SSSR count). The molecule has 4 fully saturated rings. The Balaban J connectivity index is 1.22. The van der Waals surface area contributed by atoms with Crippen molar-refractivity contribution >= 4 is 35.3 Å². The van der Waals surface area contributed by atoms with Crippen LogP contribution in [0.1, 0.15) is 51.0 Å². The molecule has 1 heterocycles. The van der Waals surface area contributed by atoms with Crippen molar-refractivity contribution in [2.45, 2.75) is 56.4 Å². The Kier molecular flexibility index (Phi) is 5.75. The van der Waals surface area contributed by atoms with Gasteiger partial charge in [-0.2, -0.15) is 0 Å². The summed E-state index contributed by atoms with van der Waals surface area (Å²) < 4.78 is 14.3. The minimum Gasteiger partial charge on any atom is -0.352 e. The summed E-state index contributed by atoms with van der Waals surface area (Å²) in [5.41, 5.74) is 1.30. The number of anilines is 1. The summed E-state index contributed by atoms with van der Waals surface area (Å²) in [4.78, 5) is 29.6. The quantitative estimate of drug-likeness (QED) is 0.521. The first kappa shape index (κ1) is 22.8. The molecule has 1 atom stereocenters. The molecule has 4 saturated carbocycles. The maximum Gasteiger partial charge on any atom is 0.265 e. The summed E-state index contributed by atoms with van der Waals surface area (Å²) in [6.07, 6.45) is 9.35. The van der Waals surface area contributed by atoms with Gasteiger partial charge in [0.2, 0.25) is 5.91 Å². The summed E-state index contributed by atoms with van der Waals surface area (Å²) in [5, 5.41) is 3.29. The lowest BCUT2D eigenvalue weighted by molar-refractivity contribution is -0.126. The molecule has 1 aliphatic heterocycles. The van der Waals surface area contributed by atoms with Gasteiger partial charge >= 0.3 is 0 Å². The van der Waals surface area contributed by atoms with Crippen LogP contribution < -0.4 is 10.2 Å². The zero-order valence-electron chi connectivity index (χ0n) is 20.0. The first-order valence-corrected chi connectivity index (χ1v) is 13.6. The lowest BCUT2D eigenvalue weighted by Crippen LogP contribution is -2.57. The minimum atomic E-state index is -0.374. The Hall–Kier alpha value is -2.60. The standard InChI is InChI=1S/C29H31FN2O2S/c1-18(29-14-19-10-20(15-29)12-21(11-19)16-29)31-27(33)17-32-24-8-4-5-9-25(24)35-26(28(32)34)13-22-6-2-3-7-23(22)30/h2-9,13,18-21H,10-12,14-17H2,1H3,(H,31,33)/b26-13-. The lowest BCUT2D eigenvalue weighted by atomic mass is 9.48. The Labute approximate surface area is 210 Å². The second-order valence-electron chi connectivity index (χ2n) is 11.1. The third kappa shape index (κ3) is 4.20.